The fourth-order valence-corrected chi connectivity index (χ4v) is 1.49. The van der Waals surface area contributed by atoms with Crippen molar-refractivity contribution in [3.63, 3.8) is 0 Å². The van der Waals surface area contributed by atoms with E-state index in [9.17, 15) is 4.79 Å². The number of hydrogen-bond acceptors (Lipinski definition) is 4. The molecule has 0 bridgehead atoms. The van der Waals surface area contributed by atoms with Crippen LogP contribution in [0.5, 0.6) is 5.75 Å². The van der Waals surface area contributed by atoms with E-state index in [-0.39, 0.29) is 12.6 Å². The van der Waals surface area contributed by atoms with E-state index in [1.165, 1.54) is 5.06 Å². The van der Waals surface area contributed by atoms with E-state index in [1.807, 2.05) is 38.1 Å². The molecule has 1 N–H and O–H groups in total. The highest BCUT2D eigenvalue weighted by molar-refractivity contribution is 5.76. The highest BCUT2D eigenvalue weighted by atomic mass is 16.7. The molecule has 1 aromatic rings. The van der Waals surface area contributed by atoms with Gasteiger partial charge >= 0.3 is 0 Å². The highest BCUT2D eigenvalue weighted by Gasteiger charge is 2.16. The Balaban J connectivity index is 2.63. The van der Waals surface area contributed by atoms with Crippen LogP contribution in [0.15, 0.2) is 24.3 Å². The number of benzene rings is 1. The van der Waals surface area contributed by atoms with E-state index in [2.05, 4.69) is 0 Å². The van der Waals surface area contributed by atoms with Crippen LogP contribution in [0.25, 0.3) is 0 Å². The van der Waals surface area contributed by atoms with Gasteiger partial charge in [0.2, 0.25) is 0 Å². The lowest BCUT2D eigenvalue weighted by molar-refractivity contribution is -0.204. The van der Waals surface area contributed by atoms with E-state index >= 15 is 0 Å². The van der Waals surface area contributed by atoms with E-state index < -0.39 is 12.5 Å². The predicted molar refractivity (Wildman–Crippen MR) is 66.9 cm³/mol. The van der Waals surface area contributed by atoms with Gasteiger partial charge < -0.3 is 9.84 Å². The topological polar surface area (TPSA) is 59.0 Å². The van der Waals surface area contributed by atoms with Crippen LogP contribution in [0.2, 0.25) is 0 Å². The Kier molecular flexibility index (Phi) is 5.61. The smallest absolute Gasteiger partial charge is 0.272 e. The number of carbonyl (C=O) groups is 1. The van der Waals surface area contributed by atoms with Crippen LogP contribution in [0.1, 0.15) is 19.4 Å². The molecule has 0 fully saturated rings. The number of rotatable bonds is 6. The molecule has 5 nitrogen and oxygen atoms in total. The van der Waals surface area contributed by atoms with Crippen LogP contribution in [0.4, 0.5) is 0 Å². The summed E-state index contributed by atoms with van der Waals surface area (Å²) in [6.45, 7) is 3.33. The molecule has 0 unspecified atom stereocenters. The molecular formula is C13H19NO4. The zero-order valence-corrected chi connectivity index (χ0v) is 10.9. The number of carbonyl (C=O) groups excluding carboxylic acids is 1. The quantitative estimate of drug-likeness (QED) is 0.778. The number of aliphatic hydroxyl groups excluding tert-OH is 1. The van der Waals surface area contributed by atoms with Crippen LogP contribution >= 0.6 is 0 Å². The van der Waals surface area contributed by atoms with Crippen LogP contribution < -0.4 is 4.74 Å². The maximum absolute atomic E-state index is 11.4. The summed E-state index contributed by atoms with van der Waals surface area (Å²) in [5.41, 5.74) is 0.894. The van der Waals surface area contributed by atoms with Gasteiger partial charge in [0.25, 0.3) is 5.91 Å². The molecule has 0 aromatic heterocycles. The Morgan fingerprint density at radius 3 is 2.72 bits per heavy atom. The summed E-state index contributed by atoms with van der Waals surface area (Å²) < 4.78 is 5.10. The molecular weight excluding hydrogens is 234 g/mol. The number of nitrogens with zero attached hydrogens (tertiary/aromatic N) is 1. The minimum Gasteiger partial charge on any atom is -0.497 e. The summed E-state index contributed by atoms with van der Waals surface area (Å²) in [5, 5.41) is 10.0. The molecule has 1 aromatic carbocycles. The third-order valence-electron chi connectivity index (χ3n) is 2.35. The van der Waals surface area contributed by atoms with E-state index in [0.717, 1.165) is 11.3 Å². The monoisotopic (exact) mass is 253 g/mol. The number of aliphatic hydroxyl groups is 1. The Bertz CT molecular complexity index is 392. The molecule has 0 saturated carbocycles. The standard InChI is InChI=1S/C13H19NO4/c1-10(2)14(13(16)8-15)18-9-11-5-4-6-12(7-11)17-3/h4-7,10,15H,8-9H2,1-3H3. The normalized spacial score (nSPS) is 10.5. The summed E-state index contributed by atoms with van der Waals surface area (Å²) in [7, 11) is 1.59. The molecule has 100 valence electrons. The van der Waals surface area contributed by atoms with Gasteiger partial charge in [0.15, 0.2) is 0 Å². The predicted octanol–water partition coefficient (Wildman–Crippen LogP) is 1.36. The van der Waals surface area contributed by atoms with Crippen LogP contribution in [-0.4, -0.2) is 35.8 Å². The minimum atomic E-state index is -0.559. The van der Waals surface area contributed by atoms with Crippen molar-refractivity contribution in [2.75, 3.05) is 13.7 Å². The first-order chi connectivity index (χ1) is 8.58. The van der Waals surface area contributed by atoms with E-state index in [0.29, 0.717) is 0 Å². The van der Waals surface area contributed by atoms with Gasteiger partial charge in [-0.15, -0.1) is 0 Å². The van der Waals surface area contributed by atoms with Crippen molar-refractivity contribution >= 4 is 5.91 Å². The lowest BCUT2D eigenvalue weighted by atomic mass is 10.2. The van der Waals surface area contributed by atoms with Gasteiger partial charge in [0.05, 0.1) is 13.2 Å². The van der Waals surface area contributed by atoms with Gasteiger partial charge in [-0.05, 0) is 31.5 Å². The summed E-state index contributed by atoms with van der Waals surface area (Å²) in [4.78, 5) is 16.8. The summed E-state index contributed by atoms with van der Waals surface area (Å²) >= 11 is 0. The van der Waals surface area contributed by atoms with Crippen molar-refractivity contribution in [3.05, 3.63) is 29.8 Å². The highest BCUT2D eigenvalue weighted by Crippen LogP contribution is 2.14. The Hall–Kier alpha value is -1.59. The molecule has 0 atom stereocenters. The molecule has 5 heteroatoms. The number of hydroxylamine groups is 2. The fourth-order valence-electron chi connectivity index (χ4n) is 1.49. The zero-order chi connectivity index (χ0) is 13.5. The molecule has 0 aliphatic heterocycles. The lowest BCUT2D eigenvalue weighted by Gasteiger charge is -2.24. The van der Waals surface area contributed by atoms with Gasteiger partial charge in [-0.25, -0.2) is 5.06 Å². The summed E-state index contributed by atoms with van der Waals surface area (Å²) in [6.07, 6.45) is 0. The molecule has 0 saturated heterocycles. The zero-order valence-electron chi connectivity index (χ0n) is 10.9. The SMILES string of the molecule is COc1cccc(CON(C(=O)CO)C(C)C)c1. The first-order valence-electron chi connectivity index (χ1n) is 5.77. The Morgan fingerprint density at radius 1 is 1.44 bits per heavy atom. The third kappa shape index (κ3) is 4.01. The molecule has 18 heavy (non-hydrogen) atoms. The maximum Gasteiger partial charge on any atom is 0.272 e. The molecule has 0 aliphatic rings. The summed E-state index contributed by atoms with van der Waals surface area (Å²) in [5.74, 6) is 0.286. The average Bonchev–Trinajstić information content (AvgIpc) is 2.38. The van der Waals surface area contributed by atoms with Crippen molar-refractivity contribution in [1.29, 1.82) is 0 Å². The Labute approximate surface area is 107 Å². The molecule has 1 amide bonds. The first-order valence-corrected chi connectivity index (χ1v) is 5.77. The van der Waals surface area contributed by atoms with Crippen molar-refractivity contribution < 1.29 is 19.5 Å². The molecule has 0 radical (unpaired) electrons. The van der Waals surface area contributed by atoms with Gasteiger partial charge in [-0.1, -0.05) is 12.1 Å². The van der Waals surface area contributed by atoms with Crippen molar-refractivity contribution in [3.8, 4) is 5.75 Å². The van der Waals surface area contributed by atoms with Crippen molar-refractivity contribution in [1.82, 2.24) is 5.06 Å². The number of ether oxygens (including phenoxy) is 1. The average molecular weight is 253 g/mol. The molecule has 1 rings (SSSR count). The largest absolute Gasteiger partial charge is 0.497 e. The van der Waals surface area contributed by atoms with Crippen LogP contribution in [-0.2, 0) is 16.2 Å². The second-order valence-electron chi connectivity index (χ2n) is 4.10. The maximum atomic E-state index is 11.4. The van der Waals surface area contributed by atoms with Crippen molar-refractivity contribution in [2.45, 2.75) is 26.5 Å². The van der Waals surface area contributed by atoms with Gasteiger partial charge in [-0.2, -0.15) is 0 Å². The van der Waals surface area contributed by atoms with Crippen molar-refractivity contribution in [2.24, 2.45) is 0 Å². The minimum absolute atomic E-state index is 0.129. The van der Waals surface area contributed by atoms with Gasteiger partial charge in [0.1, 0.15) is 19.0 Å². The van der Waals surface area contributed by atoms with Crippen LogP contribution in [0.3, 0.4) is 0 Å². The second-order valence-corrected chi connectivity index (χ2v) is 4.10. The number of amides is 1. The molecule has 0 aliphatic carbocycles. The molecule has 0 heterocycles. The number of hydrogen-bond donors (Lipinski definition) is 1. The van der Waals surface area contributed by atoms with E-state index in [1.54, 1.807) is 7.11 Å². The fraction of sp³-hybridized carbons (Fsp3) is 0.462. The van der Waals surface area contributed by atoms with Crippen LogP contribution in [0, 0.1) is 0 Å². The second kappa shape index (κ2) is 6.98. The third-order valence-corrected chi connectivity index (χ3v) is 2.35. The summed E-state index contributed by atoms with van der Waals surface area (Å²) in [6, 6.07) is 7.27. The van der Waals surface area contributed by atoms with E-state index in [4.69, 9.17) is 14.7 Å². The molecule has 0 spiro atoms. The number of methoxy groups -OCH3 is 1. The Morgan fingerprint density at radius 2 is 2.17 bits per heavy atom. The lowest BCUT2D eigenvalue weighted by Crippen LogP contribution is -2.38. The van der Waals surface area contributed by atoms with Gasteiger partial charge in [0, 0.05) is 0 Å². The first kappa shape index (κ1) is 14.5. The van der Waals surface area contributed by atoms with Gasteiger partial charge in [-0.3, -0.25) is 9.63 Å².